The van der Waals surface area contributed by atoms with Crippen molar-refractivity contribution in [3.05, 3.63) is 20.4 Å². The molecule has 0 saturated carbocycles. The maximum atomic E-state index is 12.3. The lowest BCUT2D eigenvalue weighted by Crippen LogP contribution is -2.68. The topological polar surface area (TPSA) is 221 Å². The molecule has 1 aliphatic rings. The van der Waals surface area contributed by atoms with Gasteiger partial charge in [0.15, 0.2) is 5.75 Å². The minimum absolute atomic E-state index is 0.0682. The van der Waals surface area contributed by atoms with E-state index in [1.165, 1.54) is 32.1 Å². The molecule has 0 bridgehead atoms. The first-order chi connectivity index (χ1) is 21.9. The lowest BCUT2D eigenvalue weighted by atomic mass is 9.88. The minimum atomic E-state index is -2.39. The van der Waals surface area contributed by atoms with Crippen molar-refractivity contribution in [2.75, 3.05) is 31.7 Å². The standard InChI is InChI=1S/C32H54N2O12/c1-4-5-6-7-8-9-10-13-16-44-28-24(26(39)27(28)40)33-15-12-11-14-17-45-32(31(42)43)18-21(36)23(34-30(41)20(2)3)29(46-32)25(38)22(37)19-35/h20-23,25,29,33,35-38H,4-19H2,1-3H3,(H,34,41)(H,42,43)/t21-,22+,23+,25+,29+,32+/m0/s1. The van der Waals surface area contributed by atoms with Crippen molar-refractivity contribution in [2.45, 2.75) is 134 Å². The summed E-state index contributed by atoms with van der Waals surface area (Å²) in [7, 11) is 0. The smallest absolute Gasteiger partial charge is 0.364 e. The molecule has 1 aliphatic heterocycles. The number of carboxylic acid groups (broad SMARTS) is 1. The minimum Gasteiger partial charge on any atom is -0.487 e. The molecule has 1 aromatic rings. The molecule has 0 aromatic heterocycles. The third-order valence-electron chi connectivity index (χ3n) is 8.22. The van der Waals surface area contributed by atoms with E-state index in [1.54, 1.807) is 13.8 Å². The molecule has 0 unspecified atom stereocenters. The summed E-state index contributed by atoms with van der Waals surface area (Å²) in [6.07, 6.45) is 3.21. The second-order valence-electron chi connectivity index (χ2n) is 12.4. The Labute approximate surface area is 270 Å². The third kappa shape index (κ3) is 11.3. The highest BCUT2D eigenvalue weighted by atomic mass is 16.7. The molecule has 264 valence electrons. The number of aliphatic carboxylic acids is 1. The van der Waals surface area contributed by atoms with Crippen LogP contribution in [0.5, 0.6) is 5.75 Å². The summed E-state index contributed by atoms with van der Waals surface area (Å²) in [5, 5.41) is 56.2. The van der Waals surface area contributed by atoms with Crippen molar-refractivity contribution in [2.24, 2.45) is 5.92 Å². The van der Waals surface area contributed by atoms with E-state index < -0.39 is 77.9 Å². The van der Waals surface area contributed by atoms with Gasteiger partial charge in [0.2, 0.25) is 5.91 Å². The van der Waals surface area contributed by atoms with Crippen molar-refractivity contribution in [3.63, 3.8) is 0 Å². The maximum absolute atomic E-state index is 12.3. The molecule has 0 radical (unpaired) electrons. The van der Waals surface area contributed by atoms with Crippen LogP contribution in [-0.4, -0.2) is 100 Å². The van der Waals surface area contributed by atoms with Gasteiger partial charge in [0.05, 0.1) is 32.0 Å². The molecule has 1 aromatic carbocycles. The monoisotopic (exact) mass is 658 g/mol. The highest BCUT2D eigenvalue weighted by Gasteiger charge is 2.55. The molecule has 46 heavy (non-hydrogen) atoms. The predicted octanol–water partition coefficient (Wildman–Crippen LogP) is 1.19. The lowest BCUT2D eigenvalue weighted by molar-refractivity contribution is -0.311. The predicted molar refractivity (Wildman–Crippen MR) is 169 cm³/mol. The molecule has 1 heterocycles. The number of aliphatic hydroxyl groups is 4. The third-order valence-corrected chi connectivity index (χ3v) is 8.22. The Morgan fingerprint density at radius 3 is 2.17 bits per heavy atom. The van der Waals surface area contributed by atoms with E-state index in [4.69, 9.17) is 14.2 Å². The maximum Gasteiger partial charge on any atom is 0.364 e. The zero-order valence-corrected chi connectivity index (χ0v) is 27.4. The summed E-state index contributed by atoms with van der Waals surface area (Å²) in [6, 6.07) is -1.28. The van der Waals surface area contributed by atoms with Gasteiger partial charge in [-0.05, 0) is 25.7 Å². The summed E-state index contributed by atoms with van der Waals surface area (Å²) >= 11 is 0. The fourth-order valence-electron chi connectivity index (χ4n) is 5.31. The number of carboxylic acids is 1. The van der Waals surface area contributed by atoms with Gasteiger partial charge < -0.3 is 50.4 Å². The Morgan fingerprint density at radius 2 is 1.57 bits per heavy atom. The zero-order valence-electron chi connectivity index (χ0n) is 27.4. The number of rotatable bonds is 24. The van der Waals surface area contributed by atoms with Gasteiger partial charge >= 0.3 is 5.97 Å². The molecule has 14 nitrogen and oxygen atoms in total. The van der Waals surface area contributed by atoms with Gasteiger partial charge in [0, 0.05) is 18.9 Å². The van der Waals surface area contributed by atoms with Gasteiger partial charge in [0.25, 0.3) is 16.6 Å². The molecule has 2 rings (SSSR count). The van der Waals surface area contributed by atoms with Crippen LogP contribution >= 0.6 is 0 Å². The number of nitrogens with one attached hydrogen (secondary N) is 2. The summed E-state index contributed by atoms with van der Waals surface area (Å²) in [5.74, 6) is -4.88. The van der Waals surface area contributed by atoms with Crippen LogP contribution in [0.25, 0.3) is 0 Å². The number of hydrogen-bond acceptors (Lipinski definition) is 12. The first-order valence-corrected chi connectivity index (χ1v) is 16.6. The van der Waals surface area contributed by atoms with Gasteiger partial charge in [-0.3, -0.25) is 14.4 Å². The van der Waals surface area contributed by atoms with Crippen LogP contribution in [0.1, 0.15) is 97.8 Å². The molecule has 1 amide bonds. The normalized spacial score (nSPS) is 22.9. The van der Waals surface area contributed by atoms with Crippen LogP contribution in [0.15, 0.2) is 9.59 Å². The fourth-order valence-corrected chi connectivity index (χ4v) is 5.31. The summed E-state index contributed by atoms with van der Waals surface area (Å²) in [4.78, 5) is 48.6. The zero-order chi connectivity index (χ0) is 34.3. The van der Waals surface area contributed by atoms with E-state index in [0.29, 0.717) is 32.4 Å². The van der Waals surface area contributed by atoms with E-state index in [-0.39, 0.29) is 18.0 Å². The van der Waals surface area contributed by atoms with Gasteiger partial charge in [-0.2, -0.15) is 0 Å². The van der Waals surface area contributed by atoms with Gasteiger partial charge in [-0.25, -0.2) is 4.79 Å². The number of hydrogen-bond donors (Lipinski definition) is 7. The number of anilines is 1. The van der Waals surface area contributed by atoms with Crippen LogP contribution < -0.4 is 26.2 Å². The molecule has 1 saturated heterocycles. The molecular formula is C32H54N2O12. The fraction of sp³-hybridized carbons (Fsp3) is 0.812. The molecule has 7 N–H and O–H groups in total. The van der Waals surface area contributed by atoms with Crippen LogP contribution in [0.2, 0.25) is 0 Å². The summed E-state index contributed by atoms with van der Waals surface area (Å²) in [5.41, 5.74) is -1.08. The lowest BCUT2D eigenvalue weighted by Gasteiger charge is -2.46. The van der Waals surface area contributed by atoms with Gasteiger partial charge in [-0.1, -0.05) is 65.7 Å². The Kier molecular flexibility index (Phi) is 17.1. The molecule has 6 atom stereocenters. The highest BCUT2D eigenvalue weighted by Crippen LogP contribution is 2.34. The van der Waals surface area contributed by atoms with Crippen LogP contribution in [0.4, 0.5) is 5.69 Å². The van der Waals surface area contributed by atoms with Crippen LogP contribution in [0, 0.1) is 5.92 Å². The second kappa shape index (κ2) is 19.9. The second-order valence-corrected chi connectivity index (χ2v) is 12.4. The quantitative estimate of drug-likeness (QED) is 0.0614. The van der Waals surface area contributed by atoms with E-state index in [0.717, 1.165) is 19.3 Å². The number of carbonyl (C=O) groups is 2. The van der Waals surface area contributed by atoms with Crippen molar-refractivity contribution in [1.82, 2.24) is 5.32 Å². The molecule has 0 aliphatic carbocycles. The van der Waals surface area contributed by atoms with E-state index in [9.17, 15) is 44.7 Å². The SMILES string of the molecule is CCCCCCCCCCOc1c(NCCCCCO[C@]2(C(=O)O)C[C@H](O)[C@@H](NC(=O)C(C)C)[C@H]([C@H](O)[C@H](O)CO)O2)c(=O)c1=O. The first-order valence-electron chi connectivity index (χ1n) is 16.6. The van der Waals surface area contributed by atoms with E-state index >= 15 is 0 Å². The van der Waals surface area contributed by atoms with Crippen molar-refractivity contribution in [3.8, 4) is 5.75 Å². The molecular weight excluding hydrogens is 604 g/mol. The summed E-state index contributed by atoms with van der Waals surface area (Å²) in [6.45, 7) is 5.14. The Balaban J connectivity index is 1.82. The Bertz CT molecular complexity index is 1140. The number of aliphatic hydroxyl groups excluding tert-OH is 4. The van der Waals surface area contributed by atoms with Gasteiger partial charge in [0.1, 0.15) is 24.0 Å². The average molecular weight is 659 g/mol. The molecule has 14 heteroatoms. The number of carbonyl (C=O) groups excluding carboxylic acids is 1. The van der Waals surface area contributed by atoms with Crippen molar-refractivity contribution >= 4 is 17.6 Å². The average Bonchev–Trinajstić information content (AvgIpc) is 3.03. The number of unbranched alkanes of at least 4 members (excludes halogenated alkanes) is 9. The van der Waals surface area contributed by atoms with Crippen LogP contribution in [-0.2, 0) is 19.1 Å². The highest BCUT2D eigenvalue weighted by molar-refractivity contribution is 5.79. The number of ether oxygens (including phenoxy) is 3. The van der Waals surface area contributed by atoms with Gasteiger partial charge in [-0.15, -0.1) is 0 Å². The van der Waals surface area contributed by atoms with E-state index in [2.05, 4.69) is 17.6 Å². The first kappa shape index (κ1) is 39.6. The molecule has 0 spiro atoms. The Hall–Kier alpha value is -2.62. The largest absolute Gasteiger partial charge is 0.487 e. The van der Waals surface area contributed by atoms with Crippen molar-refractivity contribution in [1.29, 1.82) is 0 Å². The molecule has 1 fully saturated rings. The Morgan fingerprint density at radius 1 is 0.957 bits per heavy atom. The van der Waals surface area contributed by atoms with Crippen LogP contribution in [0.3, 0.4) is 0 Å². The van der Waals surface area contributed by atoms with Crippen molar-refractivity contribution < 1.29 is 49.3 Å². The van der Waals surface area contributed by atoms with E-state index in [1.807, 2.05) is 0 Å². The number of amides is 1. The summed E-state index contributed by atoms with van der Waals surface area (Å²) < 4.78 is 16.8.